The largest absolute Gasteiger partial charge is 0.493 e. The van der Waals surface area contributed by atoms with Gasteiger partial charge in [0.2, 0.25) is 5.91 Å². The number of hydrogen-bond acceptors (Lipinski definition) is 3. The molecule has 0 heterocycles. The molecule has 0 aliphatic heterocycles. The Morgan fingerprint density at radius 2 is 1.65 bits per heavy atom. The van der Waals surface area contributed by atoms with Gasteiger partial charge in [-0.05, 0) is 49.2 Å². The van der Waals surface area contributed by atoms with E-state index in [0.29, 0.717) is 24.5 Å². The molecule has 2 rings (SSSR count). The minimum absolute atomic E-state index is 0.0639. The summed E-state index contributed by atoms with van der Waals surface area (Å²) in [7, 11) is 3.21. The van der Waals surface area contributed by atoms with E-state index in [-0.39, 0.29) is 5.91 Å². The van der Waals surface area contributed by atoms with Gasteiger partial charge in [0.1, 0.15) is 0 Å². The normalized spacial score (nSPS) is 10.3. The van der Waals surface area contributed by atoms with Crippen LogP contribution in [-0.4, -0.2) is 26.7 Å². The van der Waals surface area contributed by atoms with Crippen LogP contribution in [-0.2, 0) is 11.2 Å². The van der Waals surface area contributed by atoms with Crippen LogP contribution in [0.15, 0.2) is 42.5 Å². The van der Waals surface area contributed by atoms with E-state index in [9.17, 15) is 4.79 Å². The van der Waals surface area contributed by atoms with Crippen LogP contribution < -0.4 is 14.4 Å². The highest BCUT2D eigenvalue weighted by atomic mass is 16.5. The maximum absolute atomic E-state index is 12.7. The minimum atomic E-state index is 0.0639. The molecule has 4 heteroatoms. The Morgan fingerprint density at radius 1 is 1.04 bits per heavy atom. The second kappa shape index (κ2) is 7.68. The third kappa shape index (κ3) is 3.83. The SMILES string of the molecule is CCN(C(=O)Cc1cc(OC)c(OC)cc1C)c1ccccc1. The van der Waals surface area contributed by atoms with Gasteiger partial charge >= 0.3 is 0 Å². The third-order valence-electron chi connectivity index (χ3n) is 3.87. The number of carbonyl (C=O) groups is 1. The molecule has 0 atom stereocenters. The van der Waals surface area contributed by atoms with Crippen LogP contribution in [0.25, 0.3) is 0 Å². The highest BCUT2D eigenvalue weighted by Gasteiger charge is 2.17. The number of amides is 1. The van der Waals surface area contributed by atoms with Crippen LogP contribution in [0.1, 0.15) is 18.1 Å². The van der Waals surface area contributed by atoms with Crippen molar-refractivity contribution in [2.75, 3.05) is 25.7 Å². The average Bonchev–Trinajstić information content (AvgIpc) is 2.58. The van der Waals surface area contributed by atoms with Crippen molar-refractivity contribution in [2.45, 2.75) is 20.3 Å². The molecular formula is C19H23NO3. The van der Waals surface area contributed by atoms with E-state index in [2.05, 4.69) is 0 Å². The number of para-hydroxylation sites is 1. The molecule has 0 aliphatic carbocycles. The maximum atomic E-state index is 12.7. The zero-order chi connectivity index (χ0) is 16.8. The topological polar surface area (TPSA) is 38.8 Å². The molecule has 122 valence electrons. The lowest BCUT2D eigenvalue weighted by Gasteiger charge is -2.22. The molecule has 0 aromatic heterocycles. The number of aryl methyl sites for hydroxylation is 1. The molecule has 0 spiro atoms. The van der Waals surface area contributed by atoms with Crippen molar-refractivity contribution in [3.8, 4) is 11.5 Å². The lowest BCUT2D eigenvalue weighted by atomic mass is 10.0. The number of methoxy groups -OCH3 is 2. The number of anilines is 1. The first-order chi connectivity index (χ1) is 11.1. The summed E-state index contributed by atoms with van der Waals surface area (Å²) >= 11 is 0. The molecule has 0 fully saturated rings. The summed E-state index contributed by atoms with van der Waals surface area (Å²) in [5.41, 5.74) is 2.88. The lowest BCUT2D eigenvalue weighted by Crippen LogP contribution is -2.32. The fourth-order valence-corrected chi connectivity index (χ4v) is 2.58. The van der Waals surface area contributed by atoms with Crippen LogP contribution in [0, 0.1) is 6.92 Å². The smallest absolute Gasteiger partial charge is 0.231 e. The fraction of sp³-hybridized carbons (Fsp3) is 0.316. The Morgan fingerprint density at radius 3 is 2.22 bits per heavy atom. The van der Waals surface area contributed by atoms with Crippen molar-refractivity contribution in [3.05, 3.63) is 53.6 Å². The van der Waals surface area contributed by atoms with Crippen LogP contribution in [0.2, 0.25) is 0 Å². The van der Waals surface area contributed by atoms with Gasteiger partial charge in [0.05, 0.1) is 20.6 Å². The van der Waals surface area contributed by atoms with Gasteiger partial charge in [-0.3, -0.25) is 4.79 Å². The molecule has 1 amide bonds. The molecule has 0 saturated carbocycles. The summed E-state index contributed by atoms with van der Waals surface area (Å²) < 4.78 is 10.6. The predicted molar refractivity (Wildman–Crippen MR) is 92.5 cm³/mol. The Labute approximate surface area is 137 Å². The van der Waals surface area contributed by atoms with Gasteiger partial charge in [-0.25, -0.2) is 0 Å². The summed E-state index contributed by atoms with van der Waals surface area (Å²) in [6, 6.07) is 13.5. The van der Waals surface area contributed by atoms with Gasteiger partial charge in [0.15, 0.2) is 11.5 Å². The van der Waals surface area contributed by atoms with Crippen molar-refractivity contribution >= 4 is 11.6 Å². The first-order valence-electron chi connectivity index (χ1n) is 7.67. The number of benzene rings is 2. The standard InChI is InChI=1S/C19H23NO3/c1-5-20(16-9-7-6-8-10-16)19(21)13-15-12-18(23-4)17(22-3)11-14(15)2/h6-12H,5,13H2,1-4H3. The zero-order valence-corrected chi connectivity index (χ0v) is 14.1. The van der Waals surface area contributed by atoms with E-state index < -0.39 is 0 Å². The van der Waals surface area contributed by atoms with Crippen LogP contribution in [0.3, 0.4) is 0 Å². The number of ether oxygens (including phenoxy) is 2. The van der Waals surface area contributed by atoms with E-state index in [4.69, 9.17) is 9.47 Å². The van der Waals surface area contributed by atoms with E-state index in [1.165, 1.54) is 0 Å². The van der Waals surface area contributed by atoms with Crippen molar-refractivity contribution in [2.24, 2.45) is 0 Å². The summed E-state index contributed by atoms with van der Waals surface area (Å²) in [6.07, 6.45) is 0.328. The summed E-state index contributed by atoms with van der Waals surface area (Å²) in [6.45, 7) is 4.59. The lowest BCUT2D eigenvalue weighted by molar-refractivity contribution is -0.117. The van der Waals surface area contributed by atoms with Gasteiger partial charge in [-0.15, -0.1) is 0 Å². The Kier molecular flexibility index (Phi) is 5.63. The molecule has 2 aromatic carbocycles. The number of rotatable bonds is 6. The van der Waals surface area contributed by atoms with E-state index in [0.717, 1.165) is 16.8 Å². The summed E-state index contributed by atoms with van der Waals surface area (Å²) in [5.74, 6) is 1.38. The summed E-state index contributed by atoms with van der Waals surface area (Å²) in [5, 5.41) is 0. The zero-order valence-electron chi connectivity index (χ0n) is 14.1. The molecule has 23 heavy (non-hydrogen) atoms. The van der Waals surface area contributed by atoms with Crippen molar-refractivity contribution in [3.63, 3.8) is 0 Å². The molecular weight excluding hydrogens is 290 g/mol. The Balaban J connectivity index is 2.25. The van der Waals surface area contributed by atoms with E-state index >= 15 is 0 Å². The first-order valence-corrected chi connectivity index (χ1v) is 7.67. The number of hydrogen-bond donors (Lipinski definition) is 0. The fourth-order valence-electron chi connectivity index (χ4n) is 2.58. The molecule has 0 aliphatic rings. The number of nitrogens with zero attached hydrogens (tertiary/aromatic N) is 1. The van der Waals surface area contributed by atoms with Gasteiger partial charge in [0.25, 0.3) is 0 Å². The molecule has 2 aromatic rings. The van der Waals surface area contributed by atoms with Crippen LogP contribution in [0.4, 0.5) is 5.69 Å². The van der Waals surface area contributed by atoms with Crippen molar-refractivity contribution < 1.29 is 14.3 Å². The number of likely N-dealkylation sites (N-methyl/N-ethyl adjacent to an activating group) is 1. The highest BCUT2D eigenvalue weighted by Crippen LogP contribution is 2.30. The van der Waals surface area contributed by atoms with Gasteiger partial charge < -0.3 is 14.4 Å². The maximum Gasteiger partial charge on any atom is 0.231 e. The quantitative estimate of drug-likeness (QED) is 0.818. The molecule has 0 unspecified atom stereocenters. The number of carbonyl (C=O) groups excluding carboxylic acids is 1. The highest BCUT2D eigenvalue weighted by molar-refractivity contribution is 5.94. The van der Waals surface area contributed by atoms with Gasteiger partial charge in [-0.2, -0.15) is 0 Å². The first kappa shape index (κ1) is 16.9. The average molecular weight is 313 g/mol. The van der Waals surface area contributed by atoms with Crippen LogP contribution in [0.5, 0.6) is 11.5 Å². The Bertz CT molecular complexity index is 668. The minimum Gasteiger partial charge on any atom is -0.493 e. The summed E-state index contributed by atoms with van der Waals surface area (Å²) in [4.78, 5) is 14.5. The molecule has 0 saturated heterocycles. The van der Waals surface area contributed by atoms with E-state index in [1.54, 1.807) is 19.1 Å². The third-order valence-corrected chi connectivity index (χ3v) is 3.87. The van der Waals surface area contributed by atoms with Crippen molar-refractivity contribution in [1.82, 2.24) is 0 Å². The molecule has 0 radical (unpaired) electrons. The van der Waals surface area contributed by atoms with E-state index in [1.807, 2.05) is 56.3 Å². The van der Waals surface area contributed by atoms with Gasteiger partial charge in [-0.1, -0.05) is 18.2 Å². The molecule has 0 bridgehead atoms. The molecule has 4 nitrogen and oxygen atoms in total. The second-order valence-corrected chi connectivity index (χ2v) is 5.28. The monoisotopic (exact) mass is 313 g/mol. The van der Waals surface area contributed by atoms with Gasteiger partial charge in [0, 0.05) is 12.2 Å². The second-order valence-electron chi connectivity index (χ2n) is 5.28. The molecule has 0 N–H and O–H groups in total. The van der Waals surface area contributed by atoms with Crippen LogP contribution >= 0.6 is 0 Å². The predicted octanol–water partition coefficient (Wildman–Crippen LogP) is 3.61. The Hall–Kier alpha value is -2.49. The van der Waals surface area contributed by atoms with Crippen molar-refractivity contribution in [1.29, 1.82) is 0 Å².